The Morgan fingerprint density at radius 1 is 0.387 bits per heavy atom. The molecule has 3 heterocycles. The summed E-state index contributed by atoms with van der Waals surface area (Å²) in [5, 5.41) is 0. The summed E-state index contributed by atoms with van der Waals surface area (Å²) in [6.45, 7) is 7.70. The SMILES string of the molecule is C=Cc1ccc(-c2ccc(-c3ccc(-c4ccc(-c5ccc(C=C)s5)cc4)s3)cc2)s1. The average Bonchev–Trinajstić information content (AvgIpc) is 3.60. The molecular formula is C28H20S3. The molecule has 0 saturated carbocycles. The molecule has 0 atom stereocenters. The highest BCUT2D eigenvalue weighted by molar-refractivity contribution is 7.19. The molecule has 0 unspecified atom stereocenters. The minimum absolute atomic E-state index is 1.20. The minimum atomic E-state index is 1.20. The lowest BCUT2D eigenvalue weighted by atomic mass is 10.1. The highest BCUT2D eigenvalue weighted by Gasteiger charge is 2.08. The molecule has 5 aromatic rings. The third-order valence-corrected chi connectivity index (χ3v) is 8.61. The van der Waals surface area contributed by atoms with Crippen molar-refractivity contribution >= 4 is 46.2 Å². The van der Waals surface area contributed by atoms with Gasteiger partial charge in [-0.05, 0) is 58.7 Å². The van der Waals surface area contributed by atoms with Crippen LogP contribution in [0.4, 0.5) is 0 Å². The van der Waals surface area contributed by atoms with E-state index < -0.39 is 0 Å². The van der Waals surface area contributed by atoms with Crippen molar-refractivity contribution in [3.63, 3.8) is 0 Å². The first-order valence-corrected chi connectivity index (χ1v) is 12.4. The van der Waals surface area contributed by atoms with Gasteiger partial charge in [0.1, 0.15) is 0 Å². The van der Waals surface area contributed by atoms with Gasteiger partial charge in [0.2, 0.25) is 0 Å². The van der Waals surface area contributed by atoms with Gasteiger partial charge in [0.15, 0.2) is 0 Å². The molecule has 0 saturated heterocycles. The second-order valence-corrected chi connectivity index (χ2v) is 10.4. The Labute approximate surface area is 195 Å². The molecule has 31 heavy (non-hydrogen) atoms. The quantitative estimate of drug-likeness (QED) is 0.240. The predicted molar refractivity (Wildman–Crippen MR) is 142 cm³/mol. The van der Waals surface area contributed by atoms with Crippen LogP contribution in [0.5, 0.6) is 0 Å². The molecule has 3 heteroatoms. The van der Waals surface area contributed by atoms with Crippen LogP contribution in [0, 0.1) is 0 Å². The normalized spacial score (nSPS) is 10.8. The molecular weight excluding hydrogens is 433 g/mol. The molecule has 150 valence electrons. The molecule has 0 aliphatic heterocycles. The fourth-order valence-corrected chi connectivity index (χ4v) is 6.22. The second kappa shape index (κ2) is 8.64. The van der Waals surface area contributed by atoms with E-state index in [0.717, 1.165) is 0 Å². The molecule has 3 aromatic heterocycles. The van der Waals surface area contributed by atoms with Crippen molar-refractivity contribution < 1.29 is 0 Å². The van der Waals surface area contributed by atoms with Crippen LogP contribution < -0.4 is 0 Å². The Hall–Kier alpha value is -2.98. The lowest BCUT2D eigenvalue weighted by Crippen LogP contribution is -1.75. The van der Waals surface area contributed by atoms with Gasteiger partial charge in [-0.15, -0.1) is 34.0 Å². The topological polar surface area (TPSA) is 0 Å². The molecule has 0 nitrogen and oxygen atoms in total. The predicted octanol–water partition coefficient (Wildman–Crippen LogP) is 9.83. The molecule has 0 aliphatic carbocycles. The summed E-state index contributed by atoms with van der Waals surface area (Å²) in [6, 6.07) is 30.7. The standard InChI is InChI=1S/C28H20S3/c1-3-23-13-15-25(29-23)19-5-9-21(10-6-19)27-17-18-28(31-27)22-11-7-20(8-12-22)26-16-14-24(4-2)30-26/h3-18H,1-2H2. The first kappa shape index (κ1) is 20.0. The van der Waals surface area contributed by atoms with E-state index in [2.05, 4.69) is 98.1 Å². The third kappa shape index (κ3) is 4.13. The summed E-state index contributed by atoms with van der Waals surface area (Å²) in [5.41, 5.74) is 5.02. The van der Waals surface area contributed by atoms with Crippen LogP contribution in [-0.2, 0) is 0 Å². The van der Waals surface area contributed by atoms with Crippen molar-refractivity contribution in [2.24, 2.45) is 0 Å². The molecule has 2 aromatic carbocycles. The van der Waals surface area contributed by atoms with Crippen LogP contribution in [0.15, 0.2) is 98.1 Å². The van der Waals surface area contributed by atoms with Crippen LogP contribution in [0.25, 0.3) is 53.9 Å². The van der Waals surface area contributed by atoms with Crippen molar-refractivity contribution in [1.82, 2.24) is 0 Å². The first-order valence-electron chi connectivity index (χ1n) is 9.99. The van der Waals surface area contributed by atoms with Crippen molar-refractivity contribution in [1.29, 1.82) is 0 Å². The fraction of sp³-hybridized carbons (Fsp3) is 0. The Morgan fingerprint density at radius 2 is 0.677 bits per heavy atom. The number of rotatable bonds is 6. The van der Waals surface area contributed by atoms with Crippen molar-refractivity contribution in [3.05, 3.63) is 108 Å². The van der Waals surface area contributed by atoms with Gasteiger partial charge in [-0.3, -0.25) is 0 Å². The van der Waals surface area contributed by atoms with Gasteiger partial charge in [-0.1, -0.05) is 73.8 Å². The summed E-state index contributed by atoms with van der Waals surface area (Å²) < 4.78 is 0. The Kier molecular flexibility index (Phi) is 5.56. The summed E-state index contributed by atoms with van der Waals surface area (Å²) in [5.74, 6) is 0. The van der Waals surface area contributed by atoms with Gasteiger partial charge < -0.3 is 0 Å². The summed E-state index contributed by atoms with van der Waals surface area (Å²) in [6.07, 6.45) is 3.81. The summed E-state index contributed by atoms with van der Waals surface area (Å²) in [7, 11) is 0. The number of hydrogen-bond acceptors (Lipinski definition) is 3. The Balaban J connectivity index is 1.35. The van der Waals surface area contributed by atoms with Gasteiger partial charge in [-0.25, -0.2) is 0 Å². The van der Waals surface area contributed by atoms with Crippen molar-refractivity contribution in [2.75, 3.05) is 0 Å². The van der Waals surface area contributed by atoms with Crippen molar-refractivity contribution in [2.45, 2.75) is 0 Å². The molecule has 0 fully saturated rings. The largest absolute Gasteiger partial charge is 0.136 e. The van der Waals surface area contributed by atoms with E-state index in [-0.39, 0.29) is 0 Å². The maximum atomic E-state index is 3.85. The van der Waals surface area contributed by atoms with E-state index in [4.69, 9.17) is 0 Å². The molecule has 0 bridgehead atoms. The second-order valence-electron chi connectivity index (χ2n) is 7.13. The highest BCUT2D eigenvalue weighted by atomic mass is 32.1. The van der Waals surface area contributed by atoms with Gasteiger partial charge in [0.25, 0.3) is 0 Å². The lowest BCUT2D eigenvalue weighted by molar-refractivity contribution is 1.68. The van der Waals surface area contributed by atoms with E-state index in [9.17, 15) is 0 Å². The van der Waals surface area contributed by atoms with Crippen LogP contribution in [0.2, 0.25) is 0 Å². The zero-order valence-electron chi connectivity index (χ0n) is 16.9. The van der Waals surface area contributed by atoms with E-state index >= 15 is 0 Å². The summed E-state index contributed by atoms with van der Waals surface area (Å²) in [4.78, 5) is 7.54. The summed E-state index contributed by atoms with van der Waals surface area (Å²) >= 11 is 5.38. The maximum absolute atomic E-state index is 3.85. The molecule has 0 amide bonds. The smallest absolute Gasteiger partial charge is 0.0349 e. The van der Waals surface area contributed by atoms with Crippen LogP contribution in [0.1, 0.15) is 9.75 Å². The first-order chi connectivity index (χ1) is 15.2. The number of benzene rings is 2. The number of hydrogen-bond donors (Lipinski definition) is 0. The van der Waals surface area contributed by atoms with Crippen LogP contribution >= 0.6 is 34.0 Å². The van der Waals surface area contributed by atoms with Crippen LogP contribution in [0.3, 0.4) is 0 Å². The van der Waals surface area contributed by atoms with E-state index in [1.54, 1.807) is 22.7 Å². The van der Waals surface area contributed by atoms with Gasteiger partial charge >= 0.3 is 0 Å². The monoisotopic (exact) mass is 452 g/mol. The highest BCUT2D eigenvalue weighted by Crippen LogP contribution is 2.37. The van der Waals surface area contributed by atoms with E-state index in [1.165, 1.54) is 51.5 Å². The molecule has 0 aliphatic rings. The third-order valence-electron chi connectivity index (χ3n) is 5.17. The van der Waals surface area contributed by atoms with Gasteiger partial charge in [0.05, 0.1) is 0 Å². The minimum Gasteiger partial charge on any atom is -0.136 e. The van der Waals surface area contributed by atoms with E-state index in [1.807, 2.05) is 23.5 Å². The van der Waals surface area contributed by atoms with Gasteiger partial charge in [0, 0.05) is 29.3 Å². The maximum Gasteiger partial charge on any atom is 0.0349 e. The zero-order chi connectivity index (χ0) is 21.2. The molecule has 0 N–H and O–H groups in total. The van der Waals surface area contributed by atoms with Crippen LogP contribution in [-0.4, -0.2) is 0 Å². The van der Waals surface area contributed by atoms with Gasteiger partial charge in [-0.2, -0.15) is 0 Å². The van der Waals surface area contributed by atoms with Crippen molar-refractivity contribution in [3.8, 4) is 41.8 Å². The Bertz CT molecular complexity index is 1240. The molecule has 0 radical (unpaired) electrons. The zero-order valence-corrected chi connectivity index (χ0v) is 19.3. The fourth-order valence-electron chi connectivity index (χ4n) is 3.48. The lowest BCUT2D eigenvalue weighted by Gasteiger charge is -2.02. The molecule has 0 spiro atoms. The Morgan fingerprint density at radius 3 is 0.968 bits per heavy atom. The average molecular weight is 453 g/mol. The molecule has 5 rings (SSSR count). The van der Waals surface area contributed by atoms with E-state index in [0.29, 0.717) is 0 Å². The number of thiophene rings is 3.